The van der Waals surface area contributed by atoms with Crippen molar-refractivity contribution in [2.24, 2.45) is 0 Å². The molecule has 0 saturated carbocycles. The predicted octanol–water partition coefficient (Wildman–Crippen LogP) is 3.06. The van der Waals surface area contributed by atoms with Gasteiger partial charge in [-0.1, -0.05) is 13.0 Å². The molecule has 2 aliphatic heterocycles. The normalized spacial score (nSPS) is 21.1. The molecule has 0 unspecified atom stereocenters. The maximum absolute atomic E-state index is 13.2. The third kappa shape index (κ3) is 4.91. The Morgan fingerprint density at radius 1 is 1.18 bits per heavy atom. The van der Waals surface area contributed by atoms with E-state index in [1.807, 2.05) is 30.0 Å². The van der Waals surface area contributed by atoms with Crippen LogP contribution < -0.4 is 5.32 Å². The Balaban J connectivity index is 1.40. The number of carbonyl (C=O) groups excluding carboxylic acids is 2. The molecule has 7 heteroatoms. The highest BCUT2D eigenvalue weighted by atomic mass is 16.2. The van der Waals surface area contributed by atoms with Gasteiger partial charge in [0.25, 0.3) is 0 Å². The molecule has 0 bridgehead atoms. The summed E-state index contributed by atoms with van der Waals surface area (Å²) in [5, 5.41) is 13.6. The number of hydrogen-bond donors (Lipinski definition) is 1. The van der Waals surface area contributed by atoms with Gasteiger partial charge in [-0.15, -0.1) is 0 Å². The van der Waals surface area contributed by atoms with Crippen LogP contribution in [-0.2, 0) is 22.6 Å². The van der Waals surface area contributed by atoms with Gasteiger partial charge in [0.1, 0.15) is 0 Å². The standard InChI is InChI=1S/C26H35N5O2/c1-3-28-23-8-6-13-29(26(23)33)18-25(32)31-14-5-7-21(31)11-12-22-16-20-10-9-19(17-27)15-24(20)30(22)4-2/h9-10,15-16,21,23,28H,3-8,11-14,18H2,1-2H3/t21-,23-/m0/s1. The Morgan fingerprint density at radius 2 is 2.00 bits per heavy atom. The molecule has 0 spiro atoms. The second-order valence-corrected chi connectivity index (χ2v) is 9.20. The summed E-state index contributed by atoms with van der Waals surface area (Å²) < 4.78 is 2.28. The lowest BCUT2D eigenvalue weighted by atomic mass is 10.0. The lowest BCUT2D eigenvalue weighted by molar-refractivity contribution is -0.144. The van der Waals surface area contributed by atoms with Crippen LogP contribution in [0.1, 0.15) is 57.2 Å². The van der Waals surface area contributed by atoms with E-state index in [-0.39, 0.29) is 30.4 Å². The largest absolute Gasteiger partial charge is 0.345 e. The lowest BCUT2D eigenvalue weighted by Crippen LogP contribution is -2.53. The molecule has 2 amide bonds. The number of rotatable bonds is 8. The monoisotopic (exact) mass is 449 g/mol. The Kier molecular flexibility index (Phi) is 7.34. The average molecular weight is 450 g/mol. The van der Waals surface area contributed by atoms with Gasteiger partial charge in [-0.05, 0) is 75.6 Å². The summed E-state index contributed by atoms with van der Waals surface area (Å²) in [5.41, 5.74) is 3.03. The van der Waals surface area contributed by atoms with Gasteiger partial charge in [-0.25, -0.2) is 0 Å². The number of nitrogens with zero attached hydrogens (tertiary/aromatic N) is 4. The molecule has 2 atom stereocenters. The van der Waals surface area contributed by atoms with Crippen LogP contribution in [0.2, 0.25) is 0 Å². The van der Waals surface area contributed by atoms with E-state index in [1.165, 1.54) is 5.69 Å². The van der Waals surface area contributed by atoms with Gasteiger partial charge < -0.3 is 19.7 Å². The van der Waals surface area contributed by atoms with E-state index in [9.17, 15) is 14.9 Å². The number of likely N-dealkylation sites (N-methyl/N-ethyl adjacent to an activating group) is 1. The van der Waals surface area contributed by atoms with Crippen molar-refractivity contribution < 1.29 is 9.59 Å². The molecule has 2 aromatic rings. The van der Waals surface area contributed by atoms with Crippen molar-refractivity contribution in [3.8, 4) is 6.07 Å². The summed E-state index contributed by atoms with van der Waals surface area (Å²) in [4.78, 5) is 29.6. The number of hydrogen-bond acceptors (Lipinski definition) is 4. The number of benzene rings is 1. The minimum Gasteiger partial charge on any atom is -0.345 e. The van der Waals surface area contributed by atoms with Gasteiger partial charge in [0.15, 0.2) is 0 Å². The number of carbonyl (C=O) groups is 2. The molecule has 33 heavy (non-hydrogen) atoms. The summed E-state index contributed by atoms with van der Waals surface area (Å²) in [6, 6.07) is 10.4. The quantitative estimate of drug-likeness (QED) is 0.672. The maximum atomic E-state index is 13.2. The first kappa shape index (κ1) is 23.3. The zero-order valence-corrected chi connectivity index (χ0v) is 19.8. The van der Waals surface area contributed by atoms with E-state index in [4.69, 9.17) is 0 Å². The Bertz CT molecular complexity index is 1050. The molecule has 1 aromatic carbocycles. The highest BCUT2D eigenvalue weighted by Gasteiger charge is 2.33. The molecular formula is C26H35N5O2. The van der Waals surface area contributed by atoms with Crippen molar-refractivity contribution in [3.63, 3.8) is 0 Å². The van der Waals surface area contributed by atoms with Crippen molar-refractivity contribution >= 4 is 22.7 Å². The van der Waals surface area contributed by atoms with E-state index < -0.39 is 0 Å². The maximum Gasteiger partial charge on any atom is 0.242 e. The third-order valence-corrected chi connectivity index (χ3v) is 7.17. The summed E-state index contributed by atoms with van der Waals surface area (Å²) in [5.74, 6) is 0.147. The number of fused-ring (bicyclic) bond motifs is 1. The molecule has 176 valence electrons. The van der Waals surface area contributed by atoms with Crippen molar-refractivity contribution in [2.45, 2.75) is 71.0 Å². The molecule has 1 N–H and O–H groups in total. The molecule has 2 saturated heterocycles. The number of nitriles is 1. The molecule has 2 fully saturated rings. The number of amides is 2. The average Bonchev–Trinajstić information content (AvgIpc) is 3.43. The molecule has 4 rings (SSSR count). The second kappa shape index (κ2) is 10.4. The number of aromatic nitrogens is 1. The van der Waals surface area contributed by atoms with Crippen LogP contribution in [0.4, 0.5) is 0 Å². The smallest absolute Gasteiger partial charge is 0.242 e. The van der Waals surface area contributed by atoms with Crippen LogP contribution >= 0.6 is 0 Å². The van der Waals surface area contributed by atoms with Crippen LogP contribution in [0.15, 0.2) is 24.3 Å². The highest BCUT2D eigenvalue weighted by Crippen LogP contribution is 2.26. The van der Waals surface area contributed by atoms with Crippen LogP contribution in [0.3, 0.4) is 0 Å². The van der Waals surface area contributed by atoms with Gasteiger partial charge in [-0.3, -0.25) is 9.59 Å². The number of aryl methyl sites for hydroxylation is 2. The van der Waals surface area contributed by atoms with Gasteiger partial charge in [0.2, 0.25) is 11.8 Å². The zero-order chi connectivity index (χ0) is 23.4. The van der Waals surface area contributed by atoms with Crippen molar-refractivity contribution in [1.82, 2.24) is 19.7 Å². The second-order valence-electron chi connectivity index (χ2n) is 9.20. The Labute approximate surface area is 196 Å². The summed E-state index contributed by atoms with van der Waals surface area (Å²) in [6.07, 6.45) is 5.64. The first-order chi connectivity index (χ1) is 16.0. The molecule has 1 aromatic heterocycles. The topological polar surface area (TPSA) is 81.4 Å². The fourth-order valence-corrected chi connectivity index (χ4v) is 5.53. The summed E-state index contributed by atoms with van der Waals surface area (Å²) in [7, 11) is 0. The molecular weight excluding hydrogens is 414 g/mol. The molecule has 7 nitrogen and oxygen atoms in total. The zero-order valence-electron chi connectivity index (χ0n) is 19.8. The minimum atomic E-state index is -0.150. The van der Waals surface area contributed by atoms with E-state index in [0.29, 0.717) is 12.1 Å². The molecule has 0 aliphatic carbocycles. The first-order valence-electron chi connectivity index (χ1n) is 12.4. The van der Waals surface area contributed by atoms with Crippen LogP contribution in [0.25, 0.3) is 10.9 Å². The van der Waals surface area contributed by atoms with E-state index in [0.717, 1.165) is 69.1 Å². The van der Waals surface area contributed by atoms with Gasteiger partial charge >= 0.3 is 0 Å². The highest BCUT2D eigenvalue weighted by molar-refractivity contribution is 5.88. The van der Waals surface area contributed by atoms with Crippen LogP contribution in [-0.4, -0.2) is 64.4 Å². The SMILES string of the molecule is CCN[C@H]1CCCN(CC(=O)N2CCC[C@H]2CCc2cc3ccc(C#N)cc3n2CC)C1=O. The summed E-state index contributed by atoms with van der Waals surface area (Å²) in [6.45, 7) is 7.40. The van der Waals surface area contributed by atoms with Crippen LogP contribution in [0, 0.1) is 11.3 Å². The van der Waals surface area contributed by atoms with Gasteiger partial charge in [-0.2, -0.15) is 5.26 Å². The fourth-order valence-electron chi connectivity index (χ4n) is 5.53. The molecule has 0 radical (unpaired) electrons. The van der Waals surface area contributed by atoms with E-state index in [1.54, 1.807) is 4.90 Å². The third-order valence-electron chi connectivity index (χ3n) is 7.17. The Morgan fingerprint density at radius 3 is 2.76 bits per heavy atom. The van der Waals surface area contributed by atoms with Gasteiger partial charge in [0, 0.05) is 36.9 Å². The fraction of sp³-hybridized carbons (Fsp3) is 0.577. The van der Waals surface area contributed by atoms with E-state index >= 15 is 0 Å². The predicted molar refractivity (Wildman–Crippen MR) is 129 cm³/mol. The van der Waals surface area contributed by atoms with Crippen molar-refractivity contribution in [2.75, 3.05) is 26.2 Å². The van der Waals surface area contributed by atoms with Crippen molar-refractivity contribution in [1.29, 1.82) is 5.26 Å². The molecule has 2 aliphatic rings. The van der Waals surface area contributed by atoms with Crippen LogP contribution in [0.5, 0.6) is 0 Å². The molecule has 3 heterocycles. The van der Waals surface area contributed by atoms with Gasteiger partial charge in [0.05, 0.1) is 24.2 Å². The lowest BCUT2D eigenvalue weighted by Gasteiger charge is -2.34. The number of nitrogens with one attached hydrogen (secondary N) is 1. The van der Waals surface area contributed by atoms with Crippen molar-refractivity contribution in [3.05, 3.63) is 35.5 Å². The first-order valence-corrected chi connectivity index (χ1v) is 12.4. The van der Waals surface area contributed by atoms with E-state index in [2.05, 4.69) is 28.9 Å². The summed E-state index contributed by atoms with van der Waals surface area (Å²) >= 11 is 0. The number of piperidine rings is 1. The number of likely N-dealkylation sites (tertiary alicyclic amines) is 2. The minimum absolute atomic E-state index is 0.0661. The Hall–Kier alpha value is -2.85.